The van der Waals surface area contributed by atoms with Crippen molar-refractivity contribution in [2.24, 2.45) is 0 Å². The zero-order valence-corrected chi connectivity index (χ0v) is 9.44. The Hall–Kier alpha value is -0.970. The molecule has 0 aliphatic rings. The molecule has 0 aliphatic heterocycles. The molecule has 1 aromatic carbocycles. The van der Waals surface area contributed by atoms with Crippen LogP contribution < -0.4 is 0 Å². The molecule has 4 heteroatoms. The van der Waals surface area contributed by atoms with E-state index < -0.39 is 11.3 Å². The van der Waals surface area contributed by atoms with E-state index in [0.29, 0.717) is 6.42 Å². The van der Waals surface area contributed by atoms with Crippen molar-refractivity contribution >= 4 is 11.3 Å². The van der Waals surface area contributed by atoms with Gasteiger partial charge in [0.1, 0.15) is 0 Å². The summed E-state index contributed by atoms with van der Waals surface area (Å²) in [6.45, 7) is 3.65. The molecular formula is C11H14NO2S-. The second-order valence-corrected chi connectivity index (χ2v) is 4.27. The van der Waals surface area contributed by atoms with E-state index in [1.807, 2.05) is 30.3 Å². The fourth-order valence-electron chi connectivity index (χ4n) is 1.33. The van der Waals surface area contributed by atoms with E-state index >= 15 is 0 Å². The first kappa shape index (κ1) is 12.1. The third-order valence-corrected chi connectivity index (χ3v) is 3.00. The van der Waals surface area contributed by atoms with Gasteiger partial charge in [0.15, 0.2) is 0 Å². The summed E-state index contributed by atoms with van der Waals surface area (Å²) in [5, 5.41) is 0. The van der Waals surface area contributed by atoms with E-state index in [2.05, 4.69) is 6.58 Å². The molecule has 2 unspecified atom stereocenters. The predicted octanol–water partition coefficient (Wildman–Crippen LogP) is 1.51. The Balaban J connectivity index is 2.70. The molecule has 0 amide bonds. The largest absolute Gasteiger partial charge is 0.760 e. The smallest absolute Gasteiger partial charge is 0.0429 e. The third kappa shape index (κ3) is 3.58. The molecule has 3 nitrogen and oxygen atoms in total. The minimum absolute atomic E-state index is 0.189. The normalized spacial score (nSPS) is 14.9. The van der Waals surface area contributed by atoms with Crippen molar-refractivity contribution in [2.75, 3.05) is 7.05 Å². The van der Waals surface area contributed by atoms with E-state index in [0.717, 1.165) is 5.56 Å². The van der Waals surface area contributed by atoms with Gasteiger partial charge in [-0.05, 0) is 19.0 Å². The minimum Gasteiger partial charge on any atom is -0.760 e. The van der Waals surface area contributed by atoms with Crippen LogP contribution in [-0.4, -0.2) is 26.2 Å². The maximum Gasteiger partial charge on any atom is 0.0429 e. The SMILES string of the molecule is C=CC(Cc1ccccc1)N(C)S(=O)[O-]. The molecule has 82 valence electrons. The molecule has 0 aliphatic carbocycles. The summed E-state index contributed by atoms with van der Waals surface area (Å²) in [4.78, 5) is 0. The van der Waals surface area contributed by atoms with Gasteiger partial charge in [0.05, 0.1) is 0 Å². The third-order valence-electron chi connectivity index (χ3n) is 2.26. The highest BCUT2D eigenvalue weighted by atomic mass is 32.2. The van der Waals surface area contributed by atoms with Gasteiger partial charge >= 0.3 is 0 Å². The molecule has 0 saturated carbocycles. The number of hydrogen-bond acceptors (Lipinski definition) is 2. The highest BCUT2D eigenvalue weighted by Crippen LogP contribution is 2.09. The average molecular weight is 224 g/mol. The summed E-state index contributed by atoms with van der Waals surface area (Å²) in [5.74, 6) is 0. The first-order chi connectivity index (χ1) is 7.15. The molecule has 0 spiro atoms. The van der Waals surface area contributed by atoms with Gasteiger partial charge in [-0.25, -0.2) is 4.31 Å². The van der Waals surface area contributed by atoms with Crippen molar-refractivity contribution in [1.29, 1.82) is 0 Å². The Morgan fingerprint density at radius 1 is 1.53 bits per heavy atom. The fraction of sp³-hybridized carbons (Fsp3) is 0.273. The lowest BCUT2D eigenvalue weighted by molar-refractivity contribution is 0.391. The lowest BCUT2D eigenvalue weighted by atomic mass is 10.1. The lowest BCUT2D eigenvalue weighted by Gasteiger charge is -2.26. The average Bonchev–Trinajstić information content (AvgIpc) is 2.26. The van der Waals surface area contributed by atoms with E-state index in [1.54, 1.807) is 13.1 Å². The molecule has 0 bridgehead atoms. The van der Waals surface area contributed by atoms with Crippen LogP contribution in [0.3, 0.4) is 0 Å². The lowest BCUT2D eigenvalue weighted by Crippen LogP contribution is -2.33. The molecule has 0 N–H and O–H groups in total. The summed E-state index contributed by atoms with van der Waals surface area (Å²) in [6, 6.07) is 9.55. The van der Waals surface area contributed by atoms with Gasteiger partial charge in [0.25, 0.3) is 0 Å². The summed E-state index contributed by atoms with van der Waals surface area (Å²) < 4.78 is 22.8. The topological polar surface area (TPSA) is 43.4 Å². The van der Waals surface area contributed by atoms with Gasteiger partial charge in [0.2, 0.25) is 0 Å². The fourth-order valence-corrected chi connectivity index (χ4v) is 1.71. The monoisotopic (exact) mass is 224 g/mol. The van der Waals surface area contributed by atoms with Gasteiger partial charge in [-0.15, -0.1) is 6.58 Å². The van der Waals surface area contributed by atoms with E-state index in [1.165, 1.54) is 4.31 Å². The molecule has 2 atom stereocenters. The second-order valence-electron chi connectivity index (χ2n) is 3.26. The number of nitrogens with zero attached hydrogens (tertiary/aromatic N) is 1. The van der Waals surface area contributed by atoms with Crippen molar-refractivity contribution < 1.29 is 8.76 Å². The predicted molar refractivity (Wildman–Crippen MR) is 60.8 cm³/mol. The Bertz CT molecular complexity index is 340. The van der Waals surface area contributed by atoms with Crippen LogP contribution in [0.1, 0.15) is 5.56 Å². The quantitative estimate of drug-likeness (QED) is 0.562. The van der Waals surface area contributed by atoms with Crippen molar-refractivity contribution in [3.8, 4) is 0 Å². The van der Waals surface area contributed by atoms with Gasteiger partial charge in [-0.2, -0.15) is 0 Å². The molecule has 15 heavy (non-hydrogen) atoms. The molecular weight excluding hydrogens is 210 g/mol. The molecule has 0 heterocycles. The molecule has 0 radical (unpaired) electrons. The Kier molecular flexibility index (Phi) is 4.68. The van der Waals surface area contributed by atoms with Crippen LogP contribution in [0.5, 0.6) is 0 Å². The van der Waals surface area contributed by atoms with Crippen molar-refractivity contribution in [3.05, 3.63) is 48.6 Å². The molecule has 0 saturated heterocycles. The Labute approximate surface area is 92.8 Å². The first-order valence-electron chi connectivity index (χ1n) is 4.64. The zero-order chi connectivity index (χ0) is 11.3. The number of likely N-dealkylation sites (N-methyl/N-ethyl adjacent to an activating group) is 1. The maximum atomic E-state index is 10.8. The van der Waals surface area contributed by atoms with Crippen molar-refractivity contribution in [2.45, 2.75) is 12.5 Å². The zero-order valence-electron chi connectivity index (χ0n) is 8.63. The van der Waals surface area contributed by atoms with Crippen LogP contribution in [0.4, 0.5) is 0 Å². The van der Waals surface area contributed by atoms with Gasteiger partial charge < -0.3 is 4.55 Å². The van der Waals surface area contributed by atoms with Gasteiger partial charge in [-0.3, -0.25) is 4.21 Å². The van der Waals surface area contributed by atoms with E-state index in [9.17, 15) is 8.76 Å². The van der Waals surface area contributed by atoms with E-state index in [4.69, 9.17) is 0 Å². The maximum absolute atomic E-state index is 10.8. The van der Waals surface area contributed by atoms with Crippen LogP contribution in [-0.2, 0) is 17.7 Å². The summed E-state index contributed by atoms with van der Waals surface area (Å²) in [7, 11) is 1.54. The summed E-state index contributed by atoms with van der Waals surface area (Å²) >= 11 is -2.20. The molecule has 1 aromatic rings. The molecule has 0 fully saturated rings. The molecule has 1 rings (SSSR count). The Morgan fingerprint density at radius 2 is 2.13 bits per heavy atom. The summed E-state index contributed by atoms with van der Waals surface area (Å²) in [5.41, 5.74) is 1.10. The number of hydrogen-bond donors (Lipinski definition) is 0. The Morgan fingerprint density at radius 3 is 2.60 bits per heavy atom. The minimum atomic E-state index is -2.20. The number of rotatable bonds is 5. The van der Waals surface area contributed by atoms with Crippen LogP contribution in [0.25, 0.3) is 0 Å². The number of benzene rings is 1. The van der Waals surface area contributed by atoms with Gasteiger partial charge in [0, 0.05) is 17.3 Å². The van der Waals surface area contributed by atoms with E-state index in [-0.39, 0.29) is 6.04 Å². The first-order valence-corrected chi connectivity index (χ1v) is 5.67. The molecule has 0 aromatic heterocycles. The van der Waals surface area contributed by atoms with Gasteiger partial charge in [-0.1, -0.05) is 36.4 Å². The highest BCUT2D eigenvalue weighted by molar-refractivity contribution is 7.76. The second kappa shape index (κ2) is 5.80. The van der Waals surface area contributed by atoms with Crippen LogP contribution in [0.15, 0.2) is 43.0 Å². The van der Waals surface area contributed by atoms with Crippen LogP contribution in [0.2, 0.25) is 0 Å². The standard InChI is InChI=1S/C11H15NO2S/c1-3-11(12(2)15(13)14)9-10-7-5-4-6-8-10/h3-8,11H,1,9H2,2H3,(H,13,14)/p-1. The summed E-state index contributed by atoms with van der Waals surface area (Å²) in [6.07, 6.45) is 2.29. The van der Waals surface area contributed by atoms with Crippen LogP contribution >= 0.6 is 0 Å². The highest BCUT2D eigenvalue weighted by Gasteiger charge is 2.11. The van der Waals surface area contributed by atoms with Crippen LogP contribution in [0, 0.1) is 0 Å². The van der Waals surface area contributed by atoms with Crippen molar-refractivity contribution in [1.82, 2.24) is 4.31 Å². The van der Waals surface area contributed by atoms with Crippen molar-refractivity contribution in [3.63, 3.8) is 0 Å².